The normalized spacial score (nSPS) is 10.7. The topological polar surface area (TPSA) is 106 Å². The Morgan fingerprint density at radius 1 is 1.55 bits per heavy atom. The number of rotatable bonds is 7. The number of hydrogen-bond acceptors (Lipinski definition) is 6. The van der Waals surface area contributed by atoms with Crippen molar-refractivity contribution >= 4 is 11.7 Å². The van der Waals surface area contributed by atoms with Crippen molar-refractivity contribution in [2.45, 2.75) is 32.7 Å². The summed E-state index contributed by atoms with van der Waals surface area (Å²) in [6.07, 6.45) is 3.39. The van der Waals surface area contributed by atoms with Crippen molar-refractivity contribution in [1.82, 2.24) is 20.2 Å². The summed E-state index contributed by atoms with van der Waals surface area (Å²) < 4.78 is 6.47. The first-order valence-electron chi connectivity index (χ1n) is 6.40. The standard InChI is InChI=1S/C12H17N5O3/c1-9-7-11(15-20-9)13-12(19)4-5-17-8-10(14-16-17)3-2-6-18/h7-8,18H,2-6H2,1H3,(H,13,15,19). The van der Waals surface area contributed by atoms with Crippen LogP contribution in [0.4, 0.5) is 5.82 Å². The SMILES string of the molecule is Cc1cc(NC(=O)CCn2cc(CCCO)nn2)no1. The van der Waals surface area contributed by atoms with Crippen molar-refractivity contribution in [1.29, 1.82) is 0 Å². The molecule has 0 spiro atoms. The molecule has 0 fully saturated rings. The van der Waals surface area contributed by atoms with Crippen LogP contribution in [0.5, 0.6) is 0 Å². The van der Waals surface area contributed by atoms with Crippen molar-refractivity contribution in [3.63, 3.8) is 0 Å². The zero-order valence-electron chi connectivity index (χ0n) is 11.2. The summed E-state index contributed by atoms with van der Waals surface area (Å²) in [4.78, 5) is 11.7. The highest BCUT2D eigenvalue weighted by Gasteiger charge is 2.07. The van der Waals surface area contributed by atoms with E-state index in [2.05, 4.69) is 20.8 Å². The molecule has 0 saturated carbocycles. The lowest BCUT2D eigenvalue weighted by Crippen LogP contribution is -2.14. The molecular weight excluding hydrogens is 262 g/mol. The van der Waals surface area contributed by atoms with Gasteiger partial charge in [-0.05, 0) is 19.8 Å². The van der Waals surface area contributed by atoms with E-state index >= 15 is 0 Å². The molecule has 2 aromatic heterocycles. The number of amides is 1. The van der Waals surface area contributed by atoms with Gasteiger partial charge in [-0.1, -0.05) is 10.4 Å². The highest BCUT2D eigenvalue weighted by atomic mass is 16.5. The van der Waals surface area contributed by atoms with Gasteiger partial charge in [-0.15, -0.1) is 5.10 Å². The first-order chi connectivity index (χ1) is 9.67. The Labute approximate surface area is 115 Å². The first-order valence-corrected chi connectivity index (χ1v) is 6.40. The lowest BCUT2D eigenvalue weighted by molar-refractivity contribution is -0.116. The summed E-state index contributed by atoms with van der Waals surface area (Å²) in [5, 5.41) is 22.9. The third-order valence-corrected chi connectivity index (χ3v) is 2.64. The van der Waals surface area contributed by atoms with E-state index in [-0.39, 0.29) is 18.9 Å². The van der Waals surface area contributed by atoms with E-state index in [0.717, 1.165) is 5.69 Å². The molecule has 0 radical (unpaired) electrons. The number of anilines is 1. The molecule has 20 heavy (non-hydrogen) atoms. The van der Waals surface area contributed by atoms with E-state index in [1.807, 2.05) is 0 Å². The second-order valence-corrected chi connectivity index (χ2v) is 4.42. The largest absolute Gasteiger partial charge is 0.396 e. The van der Waals surface area contributed by atoms with E-state index in [0.29, 0.717) is 31.0 Å². The average molecular weight is 279 g/mol. The average Bonchev–Trinajstić information content (AvgIpc) is 3.03. The summed E-state index contributed by atoms with van der Waals surface area (Å²) >= 11 is 0. The molecular formula is C12H17N5O3. The number of aryl methyl sites for hydroxylation is 3. The fraction of sp³-hybridized carbons (Fsp3) is 0.500. The molecule has 0 aliphatic carbocycles. The molecule has 0 unspecified atom stereocenters. The third-order valence-electron chi connectivity index (χ3n) is 2.64. The van der Waals surface area contributed by atoms with Crippen LogP contribution in [0.25, 0.3) is 0 Å². The van der Waals surface area contributed by atoms with Gasteiger partial charge in [0.15, 0.2) is 5.82 Å². The molecule has 0 aliphatic heterocycles. The van der Waals surface area contributed by atoms with Gasteiger partial charge in [0.2, 0.25) is 5.91 Å². The van der Waals surface area contributed by atoms with Crippen LogP contribution in [0, 0.1) is 6.92 Å². The van der Waals surface area contributed by atoms with Crippen LogP contribution in [0.1, 0.15) is 24.3 Å². The van der Waals surface area contributed by atoms with E-state index in [1.54, 1.807) is 23.9 Å². The van der Waals surface area contributed by atoms with Crippen LogP contribution in [0.2, 0.25) is 0 Å². The Bertz CT molecular complexity index is 563. The molecule has 0 atom stereocenters. The van der Waals surface area contributed by atoms with Crippen molar-refractivity contribution in [3.05, 3.63) is 23.7 Å². The summed E-state index contributed by atoms with van der Waals surface area (Å²) in [5.41, 5.74) is 0.812. The molecule has 2 aromatic rings. The lowest BCUT2D eigenvalue weighted by Gasteiger charge is -2.00. The molecule has 1 amide bonds. The predicted octanol–water partition coefficient (Wildman–Crippen LogP) is 0.528. The summed E-state index contributed by atoms with van der Waals surface area (Å²) in [7, 11) is 0. The lowest BCUT2D eigenvalue weighted by atomic mass is 10.2. The van der Waals surface area contributed by atoms with Gasteiger partial charge in [0.25, 0.3) is 0 Å². The predicted molar refractivity (Wildman–Crippen MR) is 69.9 cm³/mol. The minimum Gasteiger partial charge on any atom is -0.396 e. The fourth-order valence-corrected chi connectivity index (χ4v) is 1.67. The second-order valence-electron chi connectivity index (χ2n) is 4.42. The Kier molecular flexibility index (Phi) is 4.83. The summed E-state index contributed by atoms with van der Waals surface area (Å²) in [6.45, 7) is 2.33. The van der Waals surface area contributed by atoms with Gasteiger partial charge < -0.3 is 14.9 Å². The fourth-order valence-electron chi connectivity index (χ4n) is 1.67. The molecule has 108 valence electrons. The molecule has 2 N–H and O–H groups in total. The molecule has 0 aromatic carbocycles. The van der Waals surface area contributed by atoms with Crippen LogP contribution >= 0.6 is 0 Å². The molecule has 8 heteroatoms. The number of carbonyl (C=O) groups excluding carboxylic acids is 1. The molecule has 0 aliphatic rings. The van der Waals surface area contributed by atoms with Crippen molar-refractivity contribution < 1.29 is 14.4 Å². The quantitative estimate of drug-likeness (QED) is 0.765. The number of aromatic nitrogens is 4. The maximum Gasteiger partial charge on any atom is 0.227 e. The highest BCUT2D eigenvalue weighted by Crippen LogP contribution is 2.07. The van der Waals surface area contributed by atoms with Crippen LogP contribution in [-0.4, -0.2) is 37.8 Å². The number of carbonyl (C=O) groups is 1. The first kappa shape index (κ1) is 14.2. The summed E-state index contributed by atoms with van der Waals surface area (Å²) in [6, 6.07) is 1.65. The van der Waals surface area contributed by atoms with Crippen LogP contribution in [-0.2, 0) is 17.8 Å². The Balaban J connectivity index is 1.76. The molecule has 0 saturated heterocycles. The molecule has 2 rings (SSSR count). The van der Waals surface area contributed by atoms with E-state index in [4.69, 9.17) is 9.63 Å². The minimum atomic E-state index is -0.161. The Morgan fingerprint density at radius 2 is 2.40 bits per heavy atom. The molecule has 2 heterocycles. The van der Waals surface area contributed by atoms with Gasteiger partial charge in [-0.3, -0.25) is 9.48 Å². The number of hydrogen-bond donors (Lipinski definition) is 2. The maximum absolute atomic E-state index is 11.7. The summed E-state index contributed by atoms with van der Waals surface area (Å²) in [5.74, 6) is 0.894. The zero-order chi connectivity index (χ0) is 14.4. The van der Waals surface area contributed by atoms with Crippen molar-refractivity contribution in [2.24, 2.45) is 0 Å². The molecule has 8 nitrogen and oxygen atoms in total. The molecule has 0 bridgehead atoms. The van der Waals surface area contributed by atoms with Gasteiger partial charge in [0.05, 0.1) is 12.2 Å². The number of nitrogens with zero attached hydrogens (tertiary/aromatic N) is 4. The highest BCUT2D eigenvalue weighted by molar-refractivity contribution is 5.89. The second kappa shape index (κ2) is 6.80. The third kappa shape index (κ3) is 4.16. The van der Waals surface area contributed by atoms with Gasteiger partial charge in [0.1, 0.15) is 5.76 Å². The minimum absolute atomic E-state index is 0.131. The number of aliphatic hydroxyl groups excluding tert-OH is 1. The number of aliphatic hydroxyl groups is 1. The Morgan fingerprint density at radius 3 is 3.10 bits per heavy atom. The number of nitrogens with one attached hydrogen (secondary N) is 1. The van der Waals surface area contributed by atoms with E-state index in [1.165, 1.54) is 0 Å². The van der Waals surface area contributed by atoms with Gasteiger partial charge in [-0.25, -0.2) is 0 Å². The van der Waals surface area contributed by atoms with Gasteiger partial charge in [0, 0.05) is 25.3 Å². The van der Waals surface area contributed by atoms with E-state index < -0.39 is 0 Å². The van der Waals surface area contributed by atoms with Crippen LogP contribution in [0.15, 0.2) is 16.8 Å². The Hall–Kier alpha value is -2.22. The van der Waals surface area contributed by atoms with Gasteiger partial charge in [-0.2, -0.15) is 0 Å². The van der Waals surface area contributed by atoms with Crippen LogP contribution in [0.3, 0.4) is 0 Å². The van der Waals surface area contributed by atoms with Crippen molar-refractivity contribution in [3.8, 4) is 0 Å². The van der Waals surface area contributed by atoms with Crippen molar-refractivity contribution in [2.75, 3.05) is 11.9 Å². The van der Waals surface area contributed by atoms with E-state index in [9.17, 15) is 4.79 Å². The monoisotopic (exact) mass is 279 g/mol. The van der Waals surface area contributed by atoms with Crippen LogP contribution < -0.4 is 5.32 Å². The maximum atomic E-state index is 11.7. The smallest absolute Gasteiger partial charge is 0.227 e. The van der Waals surface area contributed by atoms with Gasteiger partial charge >= 0.3 is 0 Å². The zero-order valence-corrected chi connectivity index (χ0v) is 11.2.